The standard InChI is InChI=1S/C49H37N/c1-3-37-39-17-7-5-15-35(39)31-47(49(37)38-16-6-4-14-32(38)2)45-22-12-13-23-48(45)50-36-27-24-33(25-28-36)34-26-29-44-42-20-9-8-18-40(42)41-19-10-11-21-43(41)46(44)30-34/h3,5,7-31,50H,1,4,6H2,2H3. The van der Waals surface area contributed by atoms with E-state index in [1.54, 1.807) is 0 Å². The van der Waals surface area contributed by atoms with E-state index >= 15 is 0 Å². The summed E-state index contributed by atoms with van der Waals surface area (Å²) in [7, 11) is 0. The molecule has 0 unspecified atom stereocenters. The Hall–Kier alpha value is -6.18. The molecule has 8 aromatic rings. The Morgan fingerprint density at radius 1 is 0.520 bits per heavy atom. The topological polar surface area (TPSA) is 12.0 Å². The highest BCUT2D eigenvalue weighted by Gasteiger charge is 2.20. The number of para-hydroxylation sites is 1. The van der Waals surface area contributed by atoms with E-state index in [4.69, 9.17) is 0 Å². The molecule has 1 aliphatic carbocycles. The molecule has 1 nitrogen and oxygen atoms in total. The number of nitrogens with one attached hydrogen (secondary N) is 1. The summed E-state index contributed by atoms with van der Waals surface area (Å²) in [5, 5.41) is 14.0. The lowest BCUT2D eigenvalue weighted by Gasteiger charge is -2.23. The molecule has 0 heterocycles. The Labute approximate surface area is 293 Å². The first kappa shape index (κ1) is 29.9. The number of fused-ring (bicyclic) bond motifs is 7. The molecule has 8 aromatic carbocycles. The van der Waals surface area contributed by atoms with Gasteiger partial charge in [-0.15, -0.1) is 0 Å². The summed E-state index contributed by atoms with van der Waals surface area (Å²) < 4.78 is 0. The molecule has 0 saturated heterocycles. The molecule has 0 atom stereocenters. The highest BCUT2D eigenvalue weighted by Crippen LogP contribution is 2.44. The van der Waals surface area contributed by atoms with Crippen LogP contribution in [0.4, 0.5) is 11.4 Å². The molecule has 9 rings (SSSR count). The predicted molar refractivity (Wildman–Crippen MR) is 218 cm³/mol. The molecule has 50 heavy (non-hydrogen) atoms. The smallest absolute Gasteiger partial charge is 0.0464 e. The SMILES string of the molecule is C=Cc1c(C2=CCCC=C2C)c(-c2ccccc2Nc2ccc(-c3ccc4c5ccccc5c5ccccc5c4c3)cc2)cc2ccccc12. The van der Waals surface area contributed by atoms with Crippen molar-refractivity contribution >= 4 is 66.1 Å². The average Bonchev–Trinajstić information content (AvgIpc) is 3.18. The molecule has 0 fully saturated rings. The molecule has 0 aromatic heterocycles. The molecule has 0 amide bonds. The highest BCUT2D eigenvalue weighted by atomic mass is 14.9. The van der Waals surface area contributed by atoms with Gasteiger partial charge in [0.25, 0.3) is 0 Å². The van der Waals surface area contributed by atoms with Gasteiger partial charge >= 0.3 is 0 Å². The first-order valence-electron chi connectivity index (χ1n) is 17.5. The van der Waals surface area contributed by atoms with Gasteiger partial charge in [-0.25, -0.2) is 0 Å². The molecule has 0 radical (unpaired) electrons. The van der Waals surface area contributed by atoms with Crippen molar-refractivity contribution < 1.29 is 0 Å². The molecule has 238 valence electrons. The first-order valence-corrected chi connectivity index (χ1v) is 17.5. The van der Waals surface area contributed by atoms with Gasteiger partial charge in [0, 0.05) is 16.9 Å². The highest BCUT2D eigenvalue weighted by molar-refractivity contribution is 6.25. The predicted octanol–water partition coefficient (Wildman–Crippen LogP) is 14.1. The van der Waals surface area contributed by atoms with Crippen LogP contribution < -0.4 is 5.32 Å². The molecule has 1 N–H and O–H groups in total. The fourth-order valence-corrected chi connectivity index (χ4v) is 8.00. The third-order valence-corrected chi connectivity index (χ3v) is 10.4. The van der Waals surface area contributed by atoms with E-state index in [0.717, 1.165) is 24.2 Å². The van der Waals surface area contributed by atoms with Gasteiger partial charge in [0.2, 0.25) is 0 Å². The Morgan fingerprint density at radius 2 is 1.10 bits per heavy atom. The van der Waals surface area contributed by atoms with Gasteiger partial charge in [-0.2, -0.15) is 0 Å². The third-order valence-electron chi connectivity index (χ3n) is 10.4. The normalized spacial score (nSPS) is 13.1. The lowest BCUT2D eigenvalue weighted by atomic mass is 9.82. The molecule has 0 bridgehead atoms. The first-order chi connectivity index (χ1) is 24.7. The van der Waals surface area contributed by atoms with Gasteiger partial charge in [0.1, 0.15) is 0 Å². The Bertz CT molecular complexity index is 2650. The molecule has 1 heteroatoms. The summed E-state index contributed by atoms with van der Waals surface area (Å²) in [4.78, 5) is 0. The van der Waals surface area contributed by atoms with Crippen LogP contribution in [0.2, 0.25) is 0 Å². The zero-order valence-corrected chi connectivity index (χ0v) is 28.2. The van der Waals surface area contributed by atoms with Gasteiger partial charge in [-0.3, -0.25) is 0 Å². The van der Waals surface area contributed by atoms with Crippen molar-refractivity contribution in [3.63, 3.8) is 0 Å². The largest absolute Gasteiger partial charge is 0.355 e. The van der Waals surface area contributed by atoms with Crippen molar-refractivity contribution in [2.75, 3.05) is 5.32 Å². The summed E-state index contributed by atoms with van der Waals surface area (Å²) in [6, 6.07) is 53.0. The van der Waals surface area contributed by atoms with E-state index in [1.165, 1.54) is 87.6 Å². The summed E-state index contributed by atoms with van der Waals surface area (Å²) in [5.41, 5.74) is 12.0. The number of hydrogen-bond donors (Lipinski definition) is 1. The Morgan fingerprint density at radius 3 is 1.80 bits per heavy atom. The Kier molecular flexibility index (Phi) is 7.40. The fraction of sp³-hybridized carbons (Fsp3) is 0.0612. The second kappa shape index (κ2) is 12.4. The van der Waals surface area contributed by atoms with Crippen LogP contribution in [0, 0.1) is 0 Å². The van der Waals surface area contributed by atoms with Crippen LogP contribution in [-0.4, -0.2) is 0 Å². The van der Waals surface area contributed by atoms with Crippen LogP contribution in [0.5, 0.6) is 0 Å². The van der Waals surface area contributed by atoms with E-state index in [9.17, 15) is 0 Å². The minimum Gasteiger partial charge on any atom is -0.355 e. The van der Waals surface area contributed by atoms with Gasteiger partial charge in [-0.1, -0.05) is 140 Å². The quantitative estimate of drug-likeness (QED) is 0.179. The van der Waals surface area contributed by atoms with Crippen LogP contribution in [0.3, 0.4) is 0 Å². The minimum atomic E-state index is 1.05. The number of hydrogen-bond acceptors (Lipinski definition) is 1. The molecule has 1 aliphatic rings. The number of allylic oxidation sites excluding steroid dienone is 4. The van der Waals surface area contributed by atoms with Crippen molar-refractivity contribution in [2.45, 2.75) is 19.8 Å². The van der Waals surface area contributed by atoms with E-state index in [2.05, 4.69) is 177 Å². The van der Waals surface area contributed by atoms with Gasteiger partial charge < -0.3 is 5.32 Å². The lowest BCUT2D eigenvalue weighted by molar-refractivity contribution is 1.02. The molecule has 0 saturated carbocycles. The zero-order chi connectivity index (χ0) is 33.6. The van der Waals surface area contributed by atoms with Crippen molar-refractivity contribution in [3.8, 4) is 22.3 Å². The third kappa shape index (κ3) is 5.02. The van der Waals surface area contributed by atoms with E-state index in [-0.39, 0.29) is 0 Å². The van der Waals surface area contributed by atoms with E-state index in [0.29, 0.717) is 0 Å². The summed E-state index contributed by atoms with van der Waals surface area (Å²) in [6.45, 7) is 6.54. The van der Waals surface area contributed by atoms with Crippen molar-refractivity contribution in [1.29, 1.82) is 0 Å². The minimum absolute atomic E-state index is 1.05. The second-order valence-electron chi connectivity index (χ2n) is 13.3. The van der Waals surface area contributed by atoms with Gasteiger partial charge in [0.15, 0.2) is 0 Å². The molecular formula is C49H37N. The van der Waals surface area contributed by atoms with E-state index in [1.807, 2.05) is 6.08 Å². The lowest BCUT2D eigenvalue weighted by Crippen LogP contribution is -2.01. The van der Waals surface area contributed by atoms with Gasteiger partial charge in [0.05, 0.1) is 0 Å². The second-order valence-corrected chi connectivity index (χ2v) is 13.3. The summed E-state index contributed by atoms with van der Waals surface area (Å²) >= 11 is 0. The maximum absolute atomic E-state index is 4.30. The number of rotatable bonds is 6. The van der Waals surface area contributed by atoms with Crippen LogP contribution in [0.1, 0.15) is 30.9 Å². The van der Waals surface area contributed by atoms with Crippen molar-refractivity contribution in [2.24, 2.45) is 0 Å². The van der Waals surface area contributed by atoms with Crippen LogP contribution in [-0.2, 0) is 0 Å². The average molecular weight is 640 g/mol. The summed E-state index contributed by atoms with van der Waals surface area (Å²) in [5.74, 6) is 0. The van der Waals surface area contributed by atoms with E-state index < -0.39 is 0 Å². The molecular weight excluding hydrogens is 603 g/mol. The molecule has 0 aliphatic heterocycles. The van der Waals surface area contributed by atoms with Crippen LogP contribution in [0.25, 0.3) is 77.0 Å². The Balaban J connectivity index is 1.11. The number of benzene rings is 8. The maximum atomic E-state index is 4.30. The number of anilines is 2. The maximum Gasteiger partial charge on any atom is 0.0464 e. The molecule has 0 spiro atoms. The van der Waals surface area contributed by atoms with Crippen molar-refractivity contribution in [3.05, 3.63) is 181 Å². The zero-order valence-electron chi connectivity index (χ0n) is 28.2. The van der Waals surface area contributed by atoms with Gasteiger partial charge in [-0.05, 0) is 132 Å². The van der Waals surface area contributed by atoms with Crippen molar-refractivity contribution in [1.82, 2.24) is 0 Å². The fourth-order valence-electron chi connectivity index (χ4n) is 8.00. The van der Waals surface area contributed by atoms with Crippen LogP contribution in [0.15, 0.2) is 170 Å². The monoisotopic (exact) mass is 639 g/mol. The summed E-state index contributed by atoms with van der Waals surface area (Å²) in [6.07, 6.45) is 8.95. The van der Waals surface area contributed by atoms with Crippen LogP contribution >= 0.6 is 0 Å².